The number of hydrogen-bond donors (Lipinski definition) is 1. The molecule has 0 spiro atoms. The smallest absolute Gasteiger partial charge is 0.202 e. The molecule has 0 atom stereocenters. The lowest BCUT2D eigenvalue weighted by Crippen LogP contribution is -2.23. The molecule has 0 bridgehead atoms. The first-order valence-electron chi connectivity index (χ1n) is 8.44. The maximum Gasteiger partial charge on any atom is 0.202 e. The van der Waals surface area contributed by atoms with E-state index in [1.54, 1.807) is 0 Å². The topological polar surface area (TPSA) is 40.5 Å². The number of halogens is 1. The highest BCUT2D eigenvalue weighted by atomic mass is 35.5. The molecule has 1 heterocycles. The number of rotatable bonds is 6. The van der Waals surface area contributed by atoms with Crippen molar-refractivity contribution in [1.29, 1.82) is 0 Å². The minimum Gasteiger partial charge on any atom is -0.507 e. The third-order valence-electron chi connectivity index (χ3n) is 4.29. The van der Waals surface area contributed by atoms with Crippen molar-refractivity contribution in [2.45, 2.75) is 46.6 Å². The quantitative estimate of drug-likeness (QED) is 0.695. The van der Waals surface area contributed by atoms with Crippen molar-refractivity contribution in [3.63, 3.8) is 0 Å². The summed E-state index contributed by atoms with van der Waals surface area (Å²) in [5.41, 5.74) is 2.08. The number of carbonyl (C=O) groups excluding carboxylic acids is 1. The molecule has 2 aromatic rings. The molecule has 1 aromatic heterocycles. The van der Waals surface area contributed by atoms with Crippen LogP contribution in [-0.2, 0) is 12.0 Å². The fourth-order valence-electron chi connectivity index (χ4n) is 2.76. The number of nitrogens with zero attached hydrogens (tertiary/aromatic N) is 1. The van der Waals surface area contributed by atoms with Crippen LogP contribution in [0.4, 0.5) is 0 Å². The van der Waals surface area contributed by atoms with Crippen LogP contribution in [0.2, 0.25) is 0 Å². The molecule has 0 saturated carbocycles. The Bertz CT molecular complexity index is 701. The van der Waals surface area contributed by atoms with Crippen molar-refractivity contribution in [1.82, 2.24) is 4.90 Å². The molecule has 0 unspecified atom stereocenters. The molecule has 1 N–H and O–H groups in total. The second-order valence-corrected chi connectivity index (χ2v) is 8.00. The molecule has 1 aromatic carbocycles. The van der Waals surface area contributed by atoms with Crippen LogP contribution in [0.25, 0.3) is 0 Å². The number of ketones is 1. The first-order valence-corrected chi connectivity index (χ1v) is 9.32. The molecule has 0 amide bonds. The summed E-state index contributed by atoms with van der Waals surface area (Å²) in [7, 11) is 0. The van der Waals surface area contributed by atoms with E-state index in [9.17, 15) is 9.90 Å². The maximum absolute atomic E-state index is 12.8. The molecule has 0 saturated heterocycles. The van der Waals surface area contributed by atoms with Crippen molar-refractivity contribution in [2.75, 3.05) is 13.1 Å². The number of benzene rings is 1. The highest BCUT2D eigenvalue weighted by molar-refractivity contribution is 7.12. The Morgan fingerprint density at radius 2 is 1.84 bits per heavy atom. The average molecular weight is 382 g/mol. The summed E-state index contributed by atoms with van der Waals surface area (Å²) < 4.78 is 0. The number of phenols is 1. The van der Waals surface area contributed by atoms with Crippen LogP contribution in [0.5, 0.6) is 5.75 Å². The summed E-state index contributed by atoms with van der Waals surface area (Å²) in [6, 6.07) is 7.44. The minimum atomic E-state index is -0.228. The number of carbonyl (C=O) groups is 1. The molecule has 0 aliphatic heterocycles. The number of phenolic OH excluding ortho intramolecular Hbond substituents is 1. The highest BCUT2D eigenvalue weighted by Crippen LogP contribution is 2.35. The zero-order valence-electron chi connectivity index (χ0n) is 15.6. The third-order valence-corrected chi connectivity index (χ3v) is 5.16. The van der Waals surface area contributed by atoms with Crippen molar-refractivity contribution in [2.24, 2.45) is 0 Å². The van der Waals surface area contributed by atoms with Gasteiger partial charge in [-0.15, -0.1) is 23.7 Å². The zero-order valence-corrected chi connectivity index (χ0v) is 17.3. The number of aromatic hydroxyl groups is 1. The molecule has 3 nitrogen and oxygen atoms in total. The second kappa shape index (κ2) is 8.84. The van der Waals surface area contributed by atoms with E-state index in [2.05, 4.69) is 39.5 Å². The maximum atomic E-state index is 12.8. The van der Waals surface area contributed by atoms with Crippen LogP contribution in [0.1, 0.15) is 61.0 Å². The van der Waals surface area contributed by atoms with E-state index < -0.39 is 0 Å². The van der Waals surface area contributed by atoms with Crippen LogP contribution in [0.15, 0.2) is 29.6 Å². The first-order chi connectivity index (χ1) is 11.3. The monoisotopic (exact) mass is 381 g/mol. The summed E-state index contributed by atoms with van der Waals surface area (Å²) >= 11 is 1.45. The van der Waals surface area contributed by atoms with Crippen LogP contribution < -0.4 is 0 Å². The summed E-state index contributed by atoms with van der Waals surface area (Å²) in [6.07, 6.45) is 0. The Labute approximate surface area is 161 Å². The van der Waals surface area contributed by atoms with Crippen LogP contribution in [-0.4, -0.2) is 28.9 Å². The van der Waals surface area contributed by atoms with E-state index in [1.807, 2.05) is 29.6 Å². The van der Waals surface area contributed by atoms with Crippen molar-refractivity contribution >= 4 is 29.5 Å². The standard InChI is InChI=1S/C20H27NO2S.ClH/c1-6-21(7-2)13-15-11-14(19(23)17-9-8-10-24-17)12-16(18(15)22)20(3,4)5;/h8-12,22H,6-7,13H2,1-5H3;1H. The average Bonchev–Trinajstić information content (AvgIpc) is 3.06. The molecular formula is C20H28ClNO2S. The van der Waals surface area contributed by atoms with Crippen LogP contribution in [0.3, 0.4) is 0 Å². The van der Waals surface area contributed by atoms with Gasteiger partial charge in [0.15, 0.2) is 0 Å². The predicted octanol–water partition coefficient (Wildman–Crippen LogP) is 5.25. The Kier molecular flexibility index (Phi) is 7.66. The van der Waals surface area contributed by atoms with Gasteiger partial charge in [-0.25, -0.2) is 0 Å². The molecule has 0 fully saturated rings. The zero-order chi connectivity index (χ0) is 17.9. The van der Waals surface area contributed by atoms with Crippen molar-refractivity contribution < 1.29 is 9.90 Å². The van der Waals surface area contributed by atoms with Gasteiger partial charge in [0.25, 0.3) is 0 Å². The van der Waals surface area contributed by atoms with Gasteiger partial charge in [-0.3, -0.25) is 9.69 Å². The SMILES string of the molecule is CCN(CC)Cc1cc(C(=O)c2cccs2)cc(C(C)(C)C)c1O.Cl. The van der Waals surface area contributed by atoms with E-state index in [0.29, 0.717) is 17.9 Å². The molecule has 25 heavy (non-hydrogen) atoms. The Balaban J connectivity index is 0.00000312. The van der Waals surface area contributed by atoms with E-state index in [0.717, 1.165) is 29.1 Å². The van der Waals surface area contributed by atoms with Gasteiger partial charge in [0.05, 0.1) is 4.88 Å². The van der Waals surface area contributed by atoms with Gasteiger partial charge in [-0.2, -0.15) is 0 Å². The lowest BCUT2D eigenvalue weighted by atomic mass is 9.83. The Hall–Kier alpha value is -1.36. The van der Waals surface area contributed by atoms with Crippen LogP contribution >= 0.6 is 23.7 Å². The predicted molar refractivity (Wildman–Crippen MR) is 108 cm³/mol. The summed E-state index contributed by atoms with van der Waals surface area (Å²) in [5, 5.41) is 12.7. The largest absolute Gasteiger partial charge is 0.507 e. The molecule has 5 heteroatoms. The summed E-state index contributed by atoms with van der Waals surface area (Å²) in [4.78, 5) is 15.8. The fourth-order valence-corrected chi connectivity index (χ4v) is 3.44. The van der Waals surface area contributed by atoms with E-state index in [4.69, 9.17) is 0 Å². The lowest BCUT2D eigenvalue weighted by Gasteiger charge is -2.25. The van der Waals surface area contributed by atoms with Gasteiger partial charge in [0, 0.05) is 23.2 Å². The van der Waals surface area contributed by atoms with Gasteiger partial charge in [0.2, 0.25) is 5.78 Å². The second-order valence-electron chi connectivity index (χ2n) is 7.05. The van der Waals surface area contributed by atoms with Crippen molar-refractivity contribution in [3.8, 4) is 5.75 Å². The fraction of sp³-hybridized carbons (Fsp3) is 0.450. The van der Waals surface area contributed by atoms with Gasteiger partial charge in [0.1, 0.15) is 5.75 Å². The molecule has 138 valence electrons. The molecule has 0 aliphatic rings. The van der Waals surface area contributed by atoms with Gasteiger partial charge >= 0.3 is 0 Å². The molecule has 0 aliphatic carbocycles. The lowest BCUT2D eigenvalue weighted by molar-refractivity contribution is 0.104. The molecule has 0 radical (unpaired) electrons. The van der Waals surface area contributed by atoms with E-state index in [-0.39, 0.29) is 23.6 Å². The van der Waals surface area contributed by atoms with Gasteiger partial charge < -0.3 is 5.11 Å². The van der Waals surface area contributed by atoms with Crippen LogP contribution in [0, 0.1) is 0 Å². The summed E-state index contributed by atoms with van der Waals surface area (Å²) in [6.45, 7) is 12.8. The summed E-state index contributed by atoms with van der Waals surface area (Å²) in [5.74, 6) is 0.341. The third kappa shape index (κ3) is 5.06. The van der Waals surface area contributed by atoms with Gasteiger partial charge in [-0.1, -0.05) is 40.7 Å². The first kappa shape index (κ1) is 21.7. The van der Waals surface area contributed by atoms with Gasteiger partial charge in [-0.05, 0) is 42.1 Å². The Morgan fingerprint density at radius 3 is 2.32 bits per heavy atom. The normalized spacial score (nSPS) is 11.4. The highest BCUT2D eigenvalue weighted by Gasteiger charge is 2.24. The van der Waals surface area contributed by atoms with Crippen molar-refractivity contribution in [3.05, 3.63) is 51.2 Å². The molecular weight excluding hydrogens is 354 g/mol. The Morgan fingerprint density at radius 1 is 1.20 bits per heavy atom. The number of thiophene rings is 1. The number of hydrogen-bond acceptors (Lipinski definition) is 4. The molecule has 2 rings (SSSR count). The van der Waals surface area contributed by atoms with E-state index >= 15 is 0 Å². The minimum absolute atomic E-state index is 0. The van der Waals surface area contributed by atoms with E-state index in [1.165, 1.54) is 11.3 Å².